The highest BCUT2D eigenvalue weighted by atomic mass is 16.2. The summed E-state index contributed by atoms with van der Waals surface area (Å²) in [5, 5.41) is 6.57. The Labute approximate surface area is 95.2 Å². The van der Waals surface area contributed by atoms with Gasteiger partial charge in [0.25, 0.3) is 5.91 Å². The van der Waals surface area contributed by atoms with Crippen LogP contribution in [0, 0.1) is 12.8 Å². The topological polar surface area (TPSA) is 61.9 Å². The van der Waals surface area contributed by atoms with Gasteiger partial charge in [-0.25, -0.2) is 4.98 Å². The first-order valence-corrected chi connectivity index (χ1v) is 5.81. The molecule has 1 aromatic heterocycles. The fraction of sp³-hybridized carbons (Fsp3) is 0.727. The van der Waals surface area contributed by atoms with Crippen molar-refractivity contribution in [1.29, 1.82) is 0 Å². The zero-order chi connectivity index (χ0) is 11.5. The summed E-state index contributed by atoms with van der Waals surface area (Å²) in [5.74, 6) is 1.53. The second-order valence-electron chi connectivity index (χ2n) is 4.58. The third-order valence-corrected chi connectivity index (χ3v) is 3.14. The van der Waals surface area contributed by atoms with E-state index in [4.69, 9.17) is 0 Å². The van der Waals surface area contributed by atoms with Crippen molar-refractivity contribution in [2.24, 2.45) is 5.92 Å². The number of hydrogen-bond donors (Lipinski definition) is 1. The molecule has 1 heterocycles. The quantitative estimate of drug-likeness (QED) is 0.840. The first-order valence-electron chi connectivity index (χ1n) is 5.81. The van der Waals surface area contributed by atoms with Crippen molar-refractivity contribution >= 4 is 5.91 Å². The van der Waals surface area contributed by atoms with Crippen LogP contribution in [-0.4, -0.2) is 39.6 Å². The van der Waals surface area contributed by atoms with Gasteiger partial charge in [0.1, 0.15) is 5.82 Å². The largest absolute Gasteiger partial charge is 0.339 e. The minimum Gasteiger partial charge on any atom is -0.339 e. The van der Waals surface area contributed by atoms with Gasteiger partial charge in [0, 0.05) is 13.6 Å². The molecule has 1 fully saturated rings. The number of H-pyrrole nitrogens is 1. The number of carbonyl (C=O) groups excluding carboxylic acids is 1. The van der Waals surface area contributed by atoms with Crippen molar-refractivity contribution in [3.63, 3.8) is 0 Å². The molecule has 0 radical (unpaired) electrons. The summed E-state index contributed by atoms with van der Waals surface area (Å²) < 4.78 is 0. The predicted octanol–water partition coefficient (Wildman–Crippen LogP) is 1.38. The molecular weight excluding hydrogens is 204 g/mol. The Morgan fingerprint density at radius 3 is 2.75 bits per heavy atom. The summed E-state index contributed by atoms with van der Waals surface area (Å²) in [5.41, 5.74) is 0. The number of nitrogens with zero attached hydrogens (tertiary/aromatic N) is 3. The maximum absolute atomic E-state index is 11.9. The Kier molecular flexibility index (Phi) is 3.22. The first-order chi connectivity index (χ1) is 7.66. The van der Waals surface area contributed by atoms with Crippen LogP contribution in [-0.2, 0) is 0 Å². The highest BCUT2D eigenvalue weighted by Gasteiger charge is 2.22. The van der Waals surface area contributed by atoms with Crippen LogP contribution >= 0.6 is 0 Å². The number of rotatable bonds is 3. The Morgan fingerprint density at radius 2 is 2.19 bits per heavy atom. The Hall–Kier alpha value is -1.39. The van der Waals surface area contributed by atoms with Gasteiger partial charge in [0.15, 0.2) is 0 Å². The number of amides is 1. The van der Waals surface area contributed by atoms with E-state index in [2.05, 4.69) is 15.2 Å². The van der Waals surface area contributed by atoms with Gasteiger partial charge in [0.2, 0.25) is 5.82 Å². The van der Waals surface area contributed by atoms with Gasteiger partial charge in [0.05, 0.1) is 0 Å². The van der Waals surface area contributed by atoms with E-state index in [1.165, 1.54) is 25.7 Å². The van der Waals surface area contributed by atoms with Crippen LogP contribution in [0.2, 0.25) is 0 Å². The molecule has 16 heavy (non-hydrogen) atoms. The van der Waals surface area contributed by atoms with Crippen LogP contribution in [0.25, 0.3) is 0 Å². The molecule has 1 saturated carbocycles. The van der Waals surface area contributed by atoms with Crippen molar-refractivity contribution < 1.29 is 4.79 Å². The van der Waals surface area contributed by atoms with E-state index in [9.17, 15) is 4.79 Å². The third-order valence-electron chi connectivity index (χ3n) is 3.14. The maximum atomic E-state index is 11.9. The van der Waals surface area contributed by atoms with Crippen LogP contribution in [0.5, 0.6) is 0 Å². The minimum atomic E-state index is -0.0868. The zero-order valence-electron chi connectivity index (χ0n) is 9.86. The molecule has 1 N–H and O–H groups in total. The van der Waals surface area contributed by atoms with Gasteiger partial charge >= 0.3 is 0 Å². The van der Waals surface area contributed by atoms with E-state index in [-0.39, 0.29) is 11.7 Å². The molecule has 0 unspecified atom stereocenters. The van der Waals surface area contributed by atoms with Crippen molar-refractivity contribution in [2.45, 2.75) is 32.6 Å². The van der Waals surface area contributed by atoms with E-state index in [0.29, 0.717) is 11.7 Å². The van der Waals surface area contributed by atoms with Crippen molar-refractivity contribution in [3.8, 4) is 0 Å². The van der Waals surface area contributed by atoms with Crippen molar-refractivity contribution in [1.82, 2.24) is 20.1 Å². The van der Waals surface area contributed by atoms with Crippen LogP contribution < -0.4 is 0 Å². The molecule has 5 heteroatoms. The fourth-order valence-electron chi connectivity index (χ4n) is 2.27. The summed E-state index contributed by atoms with van der Waals surface area (Å²) in [6.45, 7) is 2.62. The monoisotopic (exact) mass is 222 g/mol. The lowest BCUT2D eigenvalue weighted by molar-refractivity contribution is 0.0761. The summed E-state index contributed by atoms with van der Waals surface area (Å²) in [6, 6.07) is 0. The van der Waals surface area contributed by atoms with Crippen LogP contribution in [0.15, 0.2) is 0 Å². The molecule has 88 valence electrons. The molecule has 0 aliphatic heterocycles. The van der Waals surface area contributed by atoms with Gasteiger partial charge in [-0.3, -0.25) is 9.89 Å². The Morgan fingerprint density at radius 1 is 1.50 bits per heavy atom. The second kappa shape index (κ2) is 4.63. The maximum Gasteiger partial charge on any atom is 0.293 e. The van der Waals surface area contributed by atoms with Gasteiger partial charge in [-0.2, -0.15) is 0 Å². The fourth-order valence-corrected chi connectivity index (χ4v) is 2.27. The molecule has 0 aromatic carbocycles. The number of aromatic amines is 1. The highest BCUT2D eigenvalue weighted by Crippen LogP contribution is 2.25. The SMILES string of the molecule is Cc1nc(C(=O)N(C)CC2CCCC2)n[nH]1. The molecule has 0 bridgehead atoms. The summed E-state index contributed by atoms with van der Waals surface area (Å²) in [6.07, 6.45) is 5.08. The van der Waals surface area contributed by atoms with Gasteiger partial charge < -0.3 is 4.90 Å². The number of aryl methyl sites for hydroxylation is 1. The zero-order valence-corrected chi connectivity index (χ0v) is 9.86. The molecule has 0 spiro atoms. The lowest BCUT2D eigenvalue weighted by Gasteiger charge is -2.19. The average Bonchev–Trinajstić information content (AvgIpc) is 2.88. The van der Waals surface area contributed by atoms with E-state index < -0.39 is 0 Å². The molecule has 1 amide bonds. The normalized spacial score (nSPS) is 16.6. The molecule has 0 atom stereocenters. The number of aromatic nitrogens is 3. The van der Waals surface area contributed by atoms with E-state index in [1.807, 2.05) is 7.05 Å². The molecule has 1 aliphatic carbocycles. The molecule has 0 saturated heterocycles. The van der Waals surface area contributed by atoms with Crippen LogP contribution in [0.4, 0.5) is 0 Å². The number of hydrogen-bond acceptors (Lipinski definition) is 3. The summed E-state index contributed by atoms with van der Waals surface area (Å²) >= 11 is 0. The number of carbonyl (C=O) groups is 1. The van der Waals surface area contributed by atoms with Crippen molar-refractivity contribution in [3.05, 3.63) is 11.6 Å². The molecular formula is C11H18N4O. The minimum absolute atomic E-state index is 0.0868. The van der Waals surface area contributed by atoms with E-state index in [0.717, 1.165) is 6.54 Å². The Bertz CT molecular complexity index is 368. The van der Waals surface area contributed by atoms with Gasteiger partial charge in [-0.15, -0.1) is 5.10 Å². The van der Waals surface area contributed by atoms with Crippen LogP contribution in [0.3, 0.4) is 0 Å². The summed E-state index contributed by atoms with van der Waals surface area (Å²) in [7, 11) is 1.83. The van der Waals surface area contributed by atoms with Crippen molar-refractivity contribution in [2.75, 3.05) is 13.6 Å². The molecule has 1 aliphatic rings. The van der Waals surface area contributed by atoms with Gasteiger partial charge in [-0.05, 0) is 25.7 Å². The standard InChI is InChI=1S/C11H18N4O/c1-8-12-10(14-13-8)11(16)15(2)7-9-5-3-4-6-9/h9H,3-7H2,1-2H3,(H,12,13,14). The average molecular weight is 222 g/mol. The van der Waals surface area contributed by atoms with Crippen LogP contribution in [0.1, 0.15) is 42.1 Å². The predicted molar refractivity (Wildman–Crippen MR) is 60.0 cm³/mol. The van der Waals surface area contributed by atoms with E-state index in [1.54, 1.807) is 11.8 Å². The molecule has 1 aromatic rings. The van der Waals surface area contributed by atoms with Gasteiger partial charge in [-0.1, -0.05) is 12.8 Å². The first kappa shape index (κ1) is 11.1. The lowest BCUT2D eigenvalue weighted by atomic mass is 10.1. The number of nitrogens with one attached hydrogen (secondary N) is 1. The Balaban J connectivity index is 1.93. The lowest BCUT2D eigenvalue weighted by Crippen LogP contribution is -2.31. The summed E-state index contributed by atoms with van der Waals surface area (Å²) in [4.78, 5) is 17.7. The molecule has 5 nitrogen and oxygen atoms in total. The molecule has 2 rings (SSSR count). The highest BCUT2D eigenvalue weighted by molar-refractivity contribution is 5.90. The smallest absolute Gasteiger partial charge is 0.293 e. The second-order valence-corrected chi connectivity index (χ2v) is 4.58. The third kappa shape index (κ3) is 2.40. The van der Waals surface area contributed by atoms with E-state index >= 15 is 0 Å².